The smallest absolute Gasteiger partial charge is 0.263 e. The van der Waals surface area contributed by atoms with E-state index >= 15 is 0 Å². The van der Waals surface area contributed by atoms with E-state index in [1.807, 2.05) is 25.1 Å². The Balaban J connectivity index is 1.37. The lowest BCUT2D eigenvalue weighted by molar-refractivity contribution is -0.115. The standard InChI is InChI=1S/C25H21N3O4/c1-16-11-20(31-15-19-6-3-5-18(12-19)14-26)8-9-21(16)27-24(29)13-22-17(2)32-25(28-22)23-7-4-10-30-23/h3-12H,13,15H2,1-2H3,(H,27,29). The van der Waals surface area contributed by atoms with Gasteiger partial charge < -0.3 is 18.9 Å². The van der Waals surface area contributed by atoms with Gasteiger partial charge in [0.25, 0.3) is 5.89 Å². The fraction of sp³-hybridized carbons (Fsp3) is 0.160. The summed E-state index contributed by atoms with van der Waals surface area (Å²) in [5.74, 6) is 1.93. The maximum Gasteiger partial charge on any atom is 0.263 e. The summed E-state index contributed by atoms with van der Waals surface area (Å²) in [6, 6.07) is 18.4. The van der Waals surface area contributed by atoms with Crippen LogP contribution in [0.1, 0.15) is 28.1 Å². The Morgan fingerprint density at radius 1 is 1.16 bits per heavy atom. The average molecular weight is 427 g/mol. The van der Waals surface area contributed by atoms with Gasteiger partial charge in [-0.15, -0.1) is 0 Å². The number of anilines is 1. The number of ether oxygens (including phenoxy) is 1. The number of aromatic nitrogens is 1. The van der Waals surface area contributed by atoms with E-state index in [2.05, 4.69) is 16.4 Å². The molecule has 2 heterocycles. The number of amides is 1. The van der Waals surface area contributed by atoms with E-state index in [0.29, 0.717) is 46.7 Å². The maximum absolute atomic E-state index is 12.6. The lowest BCUT2D eigenvalue weighted by Gasteiger charge is -2.11. The topological polar surface area (TPSA) is 101 Å². The van der Waals surface area contributed by atoms with E-state index in [-0.39, 0.29) is 12.3 Å². The Bertz CT molecular complexity index is 1280. The van der Waals surface area contributed by atoms with E-state index in [0.717, 1.165) is 11.1 Å². The third kappa shape index (κ3) is 4.87. The largest absolute Gasteiger partial charge is 0.489 e. The summed E-state index contributed by atoms with van der Waals surface area (Å²) in [7, 11) is 0. The summed E-state index contributed by atoms with van der Waals surface area (Å²) in [6.45, 7) is 4.02. The molecule has 2 aromatic carbocycles. The summed E-state index contributed by atoms with van der Waals surface area (Å²) in [5, 5.41) is 11.9. The third-order valence-corrected chi connectivity index (χ3v) is 4.89. The van der Waals surface area contributed by atoms with Gasteiger partial charge in [-0.25, -0.2) is 4.98 Å². The molecule has 0 saturated carbocycles. The molecule has 0 aliphatic heterocycles. The van der Waals surface area contributed by atoms with Crippen LogP contribution in [0.3, 0.4) is 0 Å². The molecule has 0 bridgehead atoms. The van der Waals surface area contributed by atoms with Crippen LogP contribution in [0.15, 0.2) is 69.7 Å². The Labute approximate surface area is 185 Å². The van der Waals surface area contributed by atoms with E-state index in [1.54, 1.807) is 49.6 Å². The molecule has 4 aromatic rings. The fourth-order valence-corrected chi connectivity index (χ4v) is 3.21. The Morgan fingerprint density at radius 2 is 2.03 bits per heavy atom. The van der Waals surface area contributed by atoms with Crippen LogP contribution < -0.4 is 10.1 Å². The fourth-order valence-electron chi connectivity index (χ4n) is 3.21. The monoisotopic (exact) mass is 427 g/mol. The molecule has 7 nitrogen and oxygen atoms in total. The lowest BCUT2D eigenvalue weighted by Crippen LogP contribution is -2.16. The minimum atomic E-state index is -0.197. The Hall–Kier alpha value is -4.31. The van der Waals surface area contributed by atoms with Gasteiger partial charge in [-0.2, -0.15) is 5.26 Å². The molecule has 1 N–H and O–H groups in total. The molecule has 0 unspecified atom stereocenters. The van der Waals surface area contributed by atoms with Crippen LogP contribution in [-0.2, 0) is 17.8 Å². The first-order chi connectivity index (χ1) is 15.5. The van der Waals surface area contributed by atoms with E-state index < -0.39 is 0 Å². The van der Waals surface area contributed by atoms with Crippen molar-refractivity contribution in [1.82, 2.24) is 4.98 Å². The third-order valence-electron chi connectivity index (χ3n) is 4.89. The van der Waals surface area contributed by atoms with Gasteiger partial charge in [0.1, 0.15) is 18.1 Å². The Kier molecular flexibility index (Phi) is 6.04. The summed E-state index contributed by atoms with van der Waals surface area (Å²) in [4.78, 5) is 16.9. The molecule has 7 heteroatoms. The summed E-state index contributed by atoms with van der Waals surface area (Å²) < 4.78 is 16.7. The highest BCUT2D eigenvalue weighted by Crippen LogP contribution is 2.24. The van der Waals surface area contributed by atoms with Gasteiger partial charge >= 0.3 is 0 Å². The maximum atomic E-state index is 12.6. The number of carbonyl (C=O) groups is 1. The number of furan rings is 1. The van der Waals surface area contributed by atoms with Gasteiger partial charge in [-0.05, 0) is 67.4 Å². The molecular formula is C25H21N3O4. The van der Waals surface area contributed by atoms with E-state index in [1.165, 1.54) is 0 Å². The van der Waals surface area contributed by atoms with Gasteiger partial charge in [0.2, 0.25) is 5.91 Å². The number of nitriles is 1. The molecule has 0 fully saturated rings. The van der Waals surface area contributed by atoms with Crippen LogP contribution in [0.2, 0.25) is 0 Å². The van der Waals surface area contributed by atoms with Crippen LogP contribution in [0.25, 0.3) is 11.7 Å². The van der Waals surface area contributed by atoms with Gasteiger partial charge in [-0.1, -0.05) is 12.1 Å². The van der Waals surface area contributed by atoms with Crippen molar-refractivity contribution in [3.8, 4) is 23.5 Å². The van der Waals surface area contributed by atoms with Crippen LogP contribution in [0.5, 0.6) is 5.75 Å². The molecule has 0 atom stereocenters. The molecule has 4 rings (SSSR count). The first-order valence-electron chi connectivity index (χ1n) is 10.0. The number of oxazole rings is 1. The SMILES string of the molecule is Cc1cc(OCc2cccc(C#N)c2)ccc1NC(=O)Cc1nc(-c2ccco2)oc1C. The molecule has 0 aliphatic carbocycles. The van der Waals surface area contributed by atoms with Gasteiger partial charge in [-0.3, -0.25) is 4.79 Å². The van der Waals surface area contributed by atoms with Crippen LogP contribution in [-0.4, -0.2) is 10.9 Å². The Morgan fingerprint density at radius 3 is 2.78 bits per heavy atom. The van der Waals surface area contributed by atoms with Gasteiger partial charge in [0.05, 0.1) is 30.0 Å². The quantitative estimate of drug-likeness (QED) is 0.436. The molecular weight excluding hydrogens is 406 g/mol. The second-order valence-corrected chi connectivity index (χ2v) is 7.30. The van der Waals surface area contributed by atoms with Crippen molar-refractivity contribution >= 4 is 11.6 Å². The number of benzene rings is 2. The normalized spacial score (nSPS) is 10.5. The summed E-state index contributed by atoms with van der Waals surface area (Å²) in [5.41, 5.74) is 3.64. The van der Waals surface area contributed by atoms with Gasteiger partial charge in [0, 0.05) is 5.69 Å². The highest BCUT2D eigenvalue weighted by Gasteiger charge is 2.16. The van der Waals surface area contributed by atoms with E-state index in [9.17, 15) is 4.79 Å². The predicted molar refractivity (Wildman–Crippen MR) is 118 cm³/mol. The molecule has 2 aromatic heterocycles. The first-order valence-corrected chi connectivity index (χ1v) is 10.0. The number of rotatable bonds is 7. The zero-order valence-electron chi connectivity index (χ0n) is 17.7. The zero-order valence-corrected chi connectivity index (χ0v) is 17.7. The minimum Gasteiger partial charge on any atom is -0.489 e. The number of hydrogen-bond donors (Lipinski definition) is 1. The first kappa shape index (κ1) is 20.9. The summed E-state index contributed by atoms with van der Waals surface area (Å²) in [6.07, 6.45) is 1.63. The van der Waals surface area contributed by atoms with Crippen LogP contribution >= 0.6 is 0 Å². The average Bonchev–Trinajstić information content (AvgIpc) is 3.44. The number of aryl methyl sites for hydroxylation is 2. The van der Waals surface area contributed by atoms with Crippen molar-refractivity contribution in [2.24, 2.45) is 0 Å². The molecule has 0 aliphatic rings. The predicted octanol–water partition coefficient (Wildman–Crippen LogP) is 5.18. The molecule has 0 spiro atoms. The molecule has 1 amide bonds. The highest BCUT2D eigenvalue weighted by atomic mass is 16.5. The number of hydrogen-bond acceptors (Lipinski definition) is 6. The highest BCUT2D eigenvalue weighted by molar-refractivity contribution is 5.93. The number of carbonyl (C=O) groups excluding carboxylic acids is 1. The van der Waals surface area contributed by atoms with Gasteiger partial charge in [0.15, 0.2) is 5.76 Å². The zero-order chi connectivity index (χ0) is 22.5. The summed E-state index contributed by atoms with van der Waals surface area (Å²) >= 11 is 0. The van der Waals surface area contributed by atoms with Crippen molar-refractivity contribution in [1.29, 1.82) is 5.26 Å². The minimum absolute atomic E-state index is 0.0863. The van der Waals surface area contributed by atoms with Crippen molar-refractivity contribution in [2.75, 3.05) is 5.32 Å². The van der Waals surface area contributed by atoms with Crippen molar-refractivity contribution in [3.05, 3.63) is 89.0 Å². The second-order valence-electron chi connectivity index (χ2n) is 7.30. The molecule has 160 valence electrons. The molecule has 0 radical (unpaired) electrons. The lowest BCUT2D eigenvalue weighted by atomic mass is 10.1. The van der Waals surface area contributed by atoms with Crippen LogP contribution in [0.4, 0.5) is 5.69 Å². The van der Waals surface area contributed by atoms with Crippen molar-refractivity contribution in [2.45, 2.75) is 26.9 Å². The number of nitrogens with one attached hydrogen (secondary N) is 1. The van der Waals surface area contributed by atoms with Crippen molar-refractivity contribution < 1.29 is 18.4 Å². The second kappa shape index (κ2) is 9.23. The van der Waals surface area contributed by atoms with E-state index in [4.69, 9.17) is 18.8 Å². The number of nitrogens with zero attached hydrogens (tertiary/aromatic N) is 2. The van der Waals surface area contributed by atoms with Crippen LogP contribution in [0, 0.1) is 25.2 Å². The van der Waals surface area contributed by atoms with Crippen molar-refractivity contribution in [3.63, 3.8) is 0 Å². The molecule has 0 saturated heterocycles. The molecule has 32 heavy (non-hydrogen) atoms.